The Hall–Kier alpha value is -3.44. The van der Waals surface area contributed by atoms with Crippen LogP contribution in [0.15, 0.2) is 62.3 Å². The van der Waals surface area contributed by atoms with E-state index in [9.17, 15) is 14.4 Å². The fourth-order valence-electron chi connectivity index (χ4n) is 0.143. The Morgan fingerprint density at radius 3 is 1.22 bits per heavy atom. The fourth-order valence-corrected chi connectivity index (χ4v) is 0.143. The van der Waals surface area contributed by atoms with Gasteiger partial charge in [-0.1, -0.05) is 38.5 Å². The maximum absolute atomic E-state index is 9.60. The number of hydrogen-bond acceptors (Lipinski definition) is 5. The second kappa shape index (κ2) is 27.0. The van der Waals surface area contributed by atoms with Crippen LogP contribution in [-0.2, 0) is 14.4 Å². The van der Waals surface area contributed by atoms with Crippen molar-refractivity contribution in [3.8, 4) is 6.07 Å². The Morgan fingerprint density at radius 2 is 1.17 bits per heavy atom. The summed E-state index contributed by atoms with van der Waals surface area (Å²) in [7, 11) is 0. The second-order valence-electron chi connectivity index (χ2n) is 2.90. The molecule has 8 nitrogen and oxygen atoms in total. The van der Waals surface area contributed by atoms with Gasteiger partial charge in [-0.25, -0.2) is 14.4 Å². The van der Waals surface area contributed by atoms with Crippen molar-refractivity contribution < 1.29 is 29.7 Å². The fraction of sp³-hybridized carbons (Fsp3) is 0.0667. The monoisotopic (exact) mass is 326 g/mol. The molecule has 128 valence electrons. The Labute approximate surface area is 135 Å². The van der Waals surface area contributed by atoms with E-state index in [1.165, 1.54) is 13.0 Å². The van der Waals surface area contributed by atoms with E-state index >= 15 is 0 Å². The summed E-state index contributed by atoms with van der Waals surface area (Å²) in [6.45, 7) is 14.4. The summed E-state index contributed by atoms with van der Waals surface area (Å²) >= 11 is 0. The van der Waals surface area contributed by atoms with Gasteiger partial charge in [0.1, 0.15) is 0 Å². The Kier molecular flexibility index (Phi) is 37.3. The van der Waals surface area contributed by atoms with E-state index in [0.29, 0.717) is 12.2 Å². The van der Waals surface area contributed by atoms with Crippen LogP contribution >= 0.6 is 0 Å². The van der Waals surface area contributed by atoms with Gasteiger partial charge in [-0.2, -0.15) is 5.26 Å². The maximum atomic E-state index is 9.60. The van der Waals surface area contributed by atoms with Gasteiger partial charge in [-0.3, -0.25) is 0 Å². The summed E-state index contributed by atoms with van der Waals surface area (Å²) in [6.07, 6.45) is 5.57. The first kappa shape index (κ1) is 31.8. The minimum absolute atomic E-state index is 0. The van der Waals surface area contributed by atoms with Crippen molar-refractivity contribution >= 4 is 17.9 Å². The summed E-state index contributed by atoms with van der Waals surface area (Å²) in [5.41, 5.74) is 0.176. The lowest BCUT2D eigenvalue weighted by atomic mass is 10.4. The van der Waals surface area contributed by atoms with Crippen LogP contribution in [0.3, 0.4) is 0 Å². The zero-order valence-electron chi connectivity index (χ0n) is 12.9. The van der Waals surface area contributed by atoms with Crippen molar-refractivity contribution in [2.75, 3.05) is 0 Å². The van der Waals surface area contributed by atoms with Crippen molar-refractivity contribution in [1.82, 2.24) is 6.15 Å². The summed E-state index contributed by atoms with van der Waals surface area (Å²) < 4.78 is 0. The predicted octanol–water partition coefficient (Wildman–Crippen LogP) is 2.58. The lowest BCUT2D eigenvalue weighted by molar-refractivity contribution is -0.134. The molecule has 8 heteroatoms. The molecule has 0 unspecified atom stereocenters. The second-order valence-corrected chi connectivity index (χ2v) is 2.90. The van der Waals surface area contributed by atoms with Gasteiger partial charge < -0.3 is 21.5 Å². The average Bonchev–Trinajstić information content (AvgIpc) is 2.46. The van der Waals surface area contributed by atoms with E-state index in [4.69, 9.17) is 20.6 Å². The standard InChI is InChI=1S/C4H4O4.C4H6O2.C4H6.C3H3N.H3N/c5-3(6)1-2-4(7)8;1-3(2)4(5)6;1-3-4-2;1-2-3-4;/h1-2H,(H,5,6)(H,7,8);1H2,2H3,(H,5,6);3-4H,1-2H2;2H,1H2;1H3/b2-1+;;;;. The van der Waals surface area contributed by atoms with Gasteiger partial charge in [0.2, 0.25) is 0 Å². The van der Waals surface area contributed by atoms with Crippen LogP contribution in [0, 0.1) is 11.3 Å². The van der Waals surface area contributed by atoms with E-state index in [2.05, 4.69) is 26.3 Å². The molecule has 0 aliphatic heterocycles. The first-order valence-electron chi connectivity index (χ1n) is 5.37. The highest BCUT2D eigenvalue weighted by molar-refractivity contribution is 5.89. The van der Waals surface area contributed by atoms with Crippen molar-refractivity contribution in [3.05, 3.63) is 62.3 Å². The van der Waals surface area contributed by atoms with Crippen molar-refractivity contribution in [2.24, 2.45) is 0 Å². The van der Waals surface area contributed by atoms with Gasteiger partial charge in [0.05, 0.1) is 6.07 Å². The molecule has 0 aromatic carbocycles. The summed E-state index contributed by atoms with van der Waals surface area (Å²) in [6, 6.07) is 1.69. The topological polar surface area (TPSA) is 171 Å². The molecule has 0 saturated carbocycles. The van der Waals surface area contributed by atoms with E-state index < -0.39 is 17.9 Å². The van der Waals surface area contributed by atoms with Crippen LogP contribution in [0.1, 0.15) is 6.92 Å². The van der Waals surface area contributed by atoms with E-state index in [-0.39, 0.29) is 11.7 Å². The highest BCUT2D eigenvalue weighted by Crippen LogP contribution is 1.81. The number of rotatable bonds is 4. The van der Waals surface area contributed by atoms with Crippen LogP contribution in [0.2, 0.25) is 0 Å². The SMILES string of the molecule is C=C(C)C(=O)O.C=CC#N.C=CC=C.N.O=C(O)/C=C/C(=O)O. The Bertz CT molecular complexity index is 439. The molecular weight excluding hydrogens is 304 g/mol. The minimum atomic E-state index is -1.26. The lowest BCUT2D eigenvalue weighted by Gasteiger charge is -1.79. The van der Waals surface area contributed by atoms with E-state index in [0.717, 1.165) is 0 Å². The third-order valence-electron chi connectivity index (χ3n) is 0.992. The van der Waals surface area contributed by atoms with Gasteiger partial charge in [-0.05, 0) is 6.92 Å². The molecular formula is C15H22N2O6. The molecule has 23 heavy (non-hydrogen) atoms. The third-order valence-corrected chi connectivity index (χ3v) is 0.992. The molecule has 0 rings (SSSR count). The zero-order chi connectivity index (χ0) is 18.6. The minimum Gasteiger partial charge on any atom is -0.478 e. The normalized spacial score (nSPS) is 6.78. The molecule has 0 aliphatic carbocycles. The number of nitrogens with zero attached hydrogens (tertiary/aromatic N) is 1. The van der Waals surface area contributed by atoms with Gasteiger partial charge in [-0.15, -0.1) is 0 Å². The van der Waals surface area contributed by atoms with Crippen LogP contribution in [0.5, 0.6) is 0 Å². The molecule has 0 aromatic heterocycles. The highest BCUT2D eigenvalue weighted by atomic mass is 16.4. The molecule has 0 spiro atoms. The van der Waals surface area contributed by atoms with Gasteiger partial charge in [0.15, 0.2) is 0 Å². The molecule has 0 atom stereocenters. The molecule has 6 N–H and O–H groups in total. The van der Waals surface area contributed by atoms with Crippen molar-refractivity contribution in [3.63, 3.8) is 0 Å². The van der Waals surface area contributed by atoms with Crippen molar-refractivity contribution in [2.45, 2.75) is 6.92 Å². The summed E-state index contributed by atoms with van der Waals surface area (Å²) in [5, 5.41) is 31.0. The van der Waals surface area contributed by atoms with Gasteiger partial charge >= 0.3 is 17.9 Å². The molecule has 0 amide bonds. The maximum Gasteiger partial charge on any atom is 0.330 e. The number of carboxylic acids is 3. The number of allylic oxidation sites excluding steroid dienone is 3. The number of hydrogen-bond donors (Lipinski definition) is 4. The van der Waals surface area contributed by atoms with Crippen LogP contribution in [0.4, 0.5) is 0 Å². The van der Waals surface area contributed by atoms with Crippen molar-refractivity contribution in [1.29, 1.82) is 5.26 Å². The molecule has 0 bridgehead atoms. The molecule has 0 aromatic rings. The Balaban J connectivity index is -0.0000000646. The number of carboxylic acid groups (broad SMARTS) is 3. The van der Waals surface area contributed by atoms with Crippen LogP contribution in [-0.4, -0.2) is 33.2 Å². The first-order valence-corrected chi connectivity index (χ1v) is 5.37. The number of nitriles is 1. The highest BCUT2D eigenvalue weighted by Gasteiger charge is 1.90. The lowest BCUT2D eigenvalue weighted by Crippen LogP contribution is -1.92. The number of carbonyl (C=O) groups is 3. The Morgan fingerprint density at radius 1 is 0.957 bits per heavy atom. The zero-order valence-corrected chi connectivity index (χ0v) is 12.9. The third kappa shape index (κ3) is 89.1. The largest absolute Gasteiger partial charge is 0.478 e. The van der Waals surface area contributed by atoms with Crippen LogP contribution < -0.4 is 6.15 Å². The molecule has 0 radical (unpaired) electrons. The van der Waals surface area contributed by atoms with Gasteiger partial charge in [0, 0.05) is 23.8 Å². The average molecular weight is 326 g/mol. The van der Waals surface area contributed by atoms with E-state index in [1.54, 1.807) is 18.2 Å². The molecule has 0 fully saturated rings. The molecule has 0 heterocycles. The first-order chi connectivity index (χ1) is 10.1. The summed E-state index contributed by atoms with van der Waals surface area (Å²) in [4.78, 5) is 28.7. The quantitative estimate of drug-likeness (QED) is 0.346. The summed E-state index contributed by atoms with van der Waals surface area (Å²) in [5.74, 6) is -3.45. The predicted molar refractivity (Wildman–Crippen MR) is 88.1 cm³/mol. The molecule has 0 aliphatic rings. The number of aliphatic carboxylic acids is 3. The molecule has 0 saturated heterocycles. The van der Waals surface area contributed by atoms with Gasteiger partial charge in [0.25, 0.3) is 0 Å². The van der Waals surface area contributed by atoms with Crippen LogP contribution in [0.25, 0.3) is 0 Å². The van der Waals surface area contributed by atoms with E-state index in [1.807, 2.05) is 0 Å². The smallest absolute Gasteiger partial charge is 0.330 e.